The molecular formula is C16H18N4O. The summed E-state index contributed by atoms with van der Waals surface area (Å²) >= 11 is 0. The van der Waals surface area contributed by atoms with Crippen molar-refractivity contribution in [3.05, 3.63) is 53.2 Å². The minimum absolute atomic E-state index is 0.449. The first-order chi connectivity index (χ1) is 10.1. The number of hydrogen-bond acceptors (Lipinski definition) is 4. The smallest absolute Gasteiger partial charge is 0.219 e. The summed E-state index contributed by atoms with van der Waals surface area (Å²) in [4.78, 5) is 11.4. The van der Waals surface area contributed by atoms with Crippen molar-refractivity contribution in [3.63, 3.8) is 0 Å². The summed E-state index contributed by atoms with van der Waals surface area (Å²) in [6.45, 7) is 6.89. The van der Waals surface area contributed by atoms with Crippen molar-refractivity contribution in [2.24, 2.45) is 0 Å². The Balaban J connectivity index is 1.86. The number of nitrogens with zero attached hydrogens (tertiary/aromatic N) is 4. The zero-order valence-corrected chi connectivity index (χ0v) is 12.4. The molecule has 1 aromatic carbocycles. The van der Waals surface area contributed by atoms with Crippen LogP contribution in [0.25, 0.3) is 11.2 Å². The highest BCUT2D eigenvalue weighted by Crippen LogP contribution is 2.21. The van der Waals surface area contributed by atoms with Gasteiger partial charge in [0.2, 0.25) is 5.65 Å². The highest BCUT2D eigenvalue weighted by atomic mass is 16.7. The van der Waals surface area contributed by atoms with Crippen LogP contribution >= 0.6 is 0 Å². The van der Waals surface area contributed by atoms with E-state index >= 15 is 0 Å². The third-order valence-electron chi connectivity index (χ3n) is 3.44. The zero-order valence-electron chi connectivity index (χ0n) is 12.4. The SMILES string of the molecule is Cc1ccc(C(C)C)c(COn2nnc3cccnc32)c1. The van der Waals surface area contributed by atoms with Gasteiger partial charge in [0.1, 0.15) is 12.1 Å². The van der Waals surface area contributed by atoms with Gasteiger partial charge in [-0.15, -0.1) is 5.10 Å². The zero-order chi connectivity index (χ0) is 14.8. The molecule has 0 N–H and O–H groups in total. The van der Waals surface area contributed by atoms with Crippen LogP contribution in [-0.4, -0.2) is 20.1 Å². The van der Waals surface area contributed by atoms with Crippen molar-refractivity contribution in [1.29, 1.82) is 0 Å². The number of benzene rings is 1. The summed E-state index contributed by atoms with van der Waals surface area (Å²) in [5.74, 6) is 0.454. The Morgan fingerprint density at radius 1 is 1.24 bits per heavy atom. The first-order valence-electron chi connectivity index (χ1n) is 7.04. The molecule has 0 spiro atoms. The van der Waals surface area contributed by atoms with E-state index in [0.29, 0.717) is 18.2 Å². The maximum Gasteiger partial charge on any atom is 0.219 e. The van der Waals surface area contributed by atoms with E-state index in [9.17, 15) is 0 Å². The summed E-state index contributed by atoms with van der Waals surface area (Å²) < 4.78 is 0. The Kier molecular flexibility index (Phi) is 3.56. The number of hydrogen-bond donors (Lipinski definition) is 0. The van der Waals surface area contributed by atoms with Crippen molar-refractivity contribution in [1.82, 2.24) is 20.1 Å². The van der Waals surface area contributed by atoms with Gasteiger partial charge in [0, 0.05) is 6.20 Å². The number of rotatable bonds is 4. The fourth-order valence-electron chi connectivity index (χ4n) is 2.39. The van der Waals surface area contributed by atoms with Gasteiger partial charge in [-0.05, 0) is 41.3 Å². The van der Waals surface area contributed by atoms with Gasteiger partial charge in [-0.25, -0.2) is 4.98 Å². The molecule has 0 saturated carbocycles. The summed E-state index contributed by atoms with van der Waals surface area (Å²) in [6, 6.07) is 10.1. The average Bonchev–Trinajstić information content (AvgIpc) is 2.88. The molecule has 3 rings (SSSR count). The third kappa shape index (κ3) is 2.72. The minimum Gasteiger partial charge on any atom is -0.389 e. The molecule has 0 aliphatic rings. The maximum absolute atomic E-state index is 5.77. The van der Waals surface area contributed by atoms with Crippen molar-refractivity contribution in [2.75, 3.05) is 0 Å². The van der Waals surface area contributed by atoms with Crippen LogP contribution in [0.2, 0.25) is 0 Å². The normalized spacial score (nSPS) is 11.2. The van der Waals surface area contributed by atoms with Crippen molar-refractivity contribution >= 4 is 11.2 Å². The molecule has 0 unspecified atom stereocenters. The van der Waals surface area contributed by atoms with Crippen LogP contribution in [0.3, 0.4) is 0 Å². The Labute approximate surface area is 123 Å². The number of aryl methyl sites for hydroxylation is 1. The van der Waals surface area contributed by atoms with E-state index in [0.717, 1.165) is 5.52 Å². The van der Waals surface area contributed by atoms with E-state index in [1.807, 2.05) is 12.1 Å². The summed E-state index contributed by atoms with van der Waals surface area (Å²) in [5, 5.41) is 8.02. The van der Waals surface area contributed by atoms with Gasteiger partial charge in [0.25, 0.3) is 0 Å². The van der Waals surface area contributed by atoms with Crippen LogP contribution in [-0.2, 0) is 6.61 Å². The molecule has 21 heavy (non-hydrogen) atoms. The van der Waals surface area contributed by atoms with E-state index in [1.165, 1.54) is 21.5 Å². The lowest BCUT2D eigenvalue weighted by Gasteiger charge is -2.14. The lowest BCUT2D eigenvalue weighted by atomic mass is 9.96. The van der Waals surface area contributed by atoms with Crippen LogP contribution in [0.15, 0.2) is 36.5 Å². The summed E-state index contributed by atoms with van der Waals surface area (Å²) in [7, 11) is 0. The number of aromatic nitrogens is 4. The van der Waals surface area contributed by atoms with Crippen molar-refractivity contribution in [3.8, 4) is 0 Å². The highest BCUT2D eigenvalue weighted by molar-refractivity contribution is 5.68. The topological polar surface area (TPSA) is 52.8 Å². The first-order valence-corrected chi connectivity index (χ1v) is 7.04. The first kappa shape index (κ1) is 13.5. The second kappa shape index (κ2) is 5.52. The molecule has 0 aliphatic heterocycles. The lowest BCUT2D eigenvalue weighted by Crippen LogP contribution is -2.15. The van der Waals surface area contributed by atoms with E-state index < -0.39 is 0 Å². The van der Waals surface area contributed by atoms with Crippen LogP contribution in [0, 0.1) is 6.92 Å². The van der Waals surface area contributed by atoms with E-state index in [4.69, 9.17) is 4.84 Å². The molecule has 0 radical (unpaired) electrons. The largest absolute Gasteiger partial charge is 0.389 e. The standard InChI is InChI=1S/C16H18N4O/c1-11(2)14-7-6-12(3)9-13(14)10-21-20-16-15(18-19-20)5-4-8-17-16/h4-9,11H,10H2,1-3H3. The lowest BCUT2D eigenvalue weighted by molar-refractivity contribution is 0.0733. The van der Waals surface area contributed by atoms with Crippen LogP contribution < -0.4 is 4.84 Å². The number of fused-ring (bicyclic) bond motifs is 1. The molecule has 108 valence electrons. The monoisotopic (exact) mass is 282 g/mol. The third-order valence-corrected chi connectivity index (χ3v) is 3.44. The van der Waals surface area contributed by atoms with Gasteiger partial charge in [-0.3, -0.25) is 0 Å². The number of pyridine rings is 1. The van der Waals surface area contributed by atoms with Gasteiger partial charge >= 0.3 is 0 Å². The van der Waals surface area contributed by atoms with Gasteiger partial charge in [0.05, 0.1) is 0 Å². The minimum atomic E-state index is 0.449. The molecule has 3 aromatic rings. The van der Waals surface area contributed by atoms with Gasteiger partial charge in [-0.2, -0.15) is 0 Å². The van der Waals surface area contributed by atoms with E-state index in [-0.39, 0.29) is 0 Å². The Bertz CT molecular complexity index is 764. The van der Waals surface area contributed by atoms with Crippen molar-refractivity contribution in [2.45, 2.75) is 33.3 Å². The van der Waals surface area contributed by atoms with Crippen LogP contribution in [0.5, 0.6) is 0 Å². The fourth-order valence-corrected chi connectivity index (χ4v) is 2.39. The molecule has 2 heterocycles. The van der Waals surface area contributed by atoms with Gasteiger partial charge < -0.3 is 4.84 Å². The fraction of sp³-hybridized carbons (Fsp3) is 0.312. The molecule has 0 amide bonds. The predicted octanol–water partition coefficient (Wildman–Crippen LogP) is 2.89. The molecule has 5 heteroatoms. The molecular weight excluding hydrogens is 264 g/mol. The molecule has 0 aliphatic carbocycles. The Morgan fingerprint density at radius 2 is 2.10 bits per heavy atom. The van der Waals surface area contributed by atoms with Crippen molar-refractivity contribution < 1.29 is 4.84 Å². The predicted molar refractivity (Wildman–Crippen MR) is 80.9 cm³/mol. The Morgan fingerprint density at radius 3 is 2.90 bits per heavy atom. The quantitative estimate of drug-likeness (QED) is 0.738. The van der Waals surface area contributed by atoms with Crippen LogP contribution in [0.1, 0.15) is 36.5 Å². The van der Waals surface area contributed by atoms with Gasteiger partial charge in [0.15, 0.2) is 0 Å². The second-order valence-corrected chi connectivity index (χ2v) is 5.44. The van der Waals surface area contributed by atoms with E-state index in [2.05, 4.69) is 54.3 Å². The summed E-state index contributed by atoms with van der Waals surface area (Å²) in [6.07, 6.45) is 1.71. The molecule has 0 bridgehead atoms. The average molecular weight is 282 g/mol. The second-order valence-electron chi connectivity index (χ2n) is 5.44. The van der Waals surface area contributed by atoms with Crippen LogP contribution in [0.4, 0.5) is 0 Å². The molecule has 2 aromatic heterocycles. The van der Waals surface area contributed by atoms with E-state index in [1.54, 1.807) is 6.20 Å². The summed E-state index contributed by atoms with van der Waals surface area (Å²) in [5.41, 5.74) is 5.05. The molecule has 5 nitrogen and oxygen atoms in total. The Hall–Kier alpha value is -2.43. The highest BCUT2D eigenvalue weighted by Gasteiger charge is 2.10. The van der Waals surface area contributed by atoms with Gasteiger partial charge in [-0.1, -0.05) is 42.5 Å². The molecule has 0 fully saturated rings. The maximum atomic E-state index is 5.77. The molecule has 0 atom stereocenters. The molecule has 0 saturated heterocycles.